The lowest BCUT2D eigenvalue weighted by atomic mass is 9.62. The number of aliphatic imine (C=N–C) groups is 1. The topological polar surface area (TPSA) is 36.4 Å². The number of hydrogen-bond donors (Lipinski definition) is 2. The highest BCUT2D eigenvalue weighted by atomic mass is 15.3. The number of rotatable bonds is 5. The van der Waals surface area contributed by atoms with Crippen LogP contribution in [0.2, 0.25) is 0 Å². The maximum atomic E-state index is 5.16. The molecule has 5 aromatic carbocycles. The highest BCUT2D eigenvalue weighted by molar-refractivity contribution is 6.00. The Hall–Kier alpha value is -4.99. The smallest absolute Gasteiger partial charge is 0.131 e. The summed E-state index contributed by atoms with van der Waals surface area (Å²) in [6, 6.07) is 48.0. The second-order valence-electron chi connectivity index (χ2n) is 11.5. The average Bonchev–Trinajstić information content (AvgIpc) is 3.41. The summed E-state index contributed by atoms with van der Waals surface area (Å²) in [5.74, 6) is 1.19. The molecule has 0 saturated heterocycles. The largest absolute Gasteiger partial charge is 0.350 e. The number of nitrogens with zero attached hydrogens (tertiary/aromatic N) is 1. The van der Waals surface area contributed by atoms with Gasteiger partial charge in [-0.1, -0.05) is 158 Å². The predicted octanol–water partition coefficient (Wildman–Crippen LogP) is 8.47. The highest BCUT2D eigenvalue weighted by Gasteiger charge is 2.50. The normalized spacial score (nSPS) is 23.6. The van der Waals surface area contributed by atoms with E-state index >= 15 is 0 Å². The summed E-state index contributed by atoms with van der Waals surface area (Å²) in [6.07, 6.45) is 9.79. The molecule has 3 heteroatoms. The number of amidine groups is 1. The number of nitrogens with one attached hydrogen (secondary N) is 2. The van der Waals surface area contributed by atoms with Crippen LogP contribution in [0.15, 0.2) is 163 Å². The Kier molecular flexibility index (Phi) is 6.39. The third kappa shape index (κ3) is 4.19. The van der Waals surface area contributed by atoms with E-state index in [1.54, 1.807) is 0 Å². The Bertz CT molecular complexity index is 1860. The van der Waals surface area contributed by atoms with E-state index in [0.717, 1.165) is 23.4 Å². The zero-order chi connectivity index (χ0) is 28.6. The van der Waals surface area contributed by atoms with Gasteiger partial charge in [-0.05, 0) is 51.3 Å². The minimum Gasteiger partial charge on any atom is -0.350 e. The third-order valence-electron chi connectivity index (χ3n) is 9.25. The van der Waals surface area contributed by atoms with Crippen molar-refractivity contribution in [1.29, 1.82) is 0 Å². The van der Waals surface area contributed by atoms with Gasteiger partial charge in [0.2, 0.25) is 0 Å². The van der Waals surface area contributed by atoms with Gasteiger partial charge in [-0.2, -0.15) is 0 Å². The first kappa shape index (κ1) is 25.7. The molecule has 0 fully saturated rings. The summed E-state index contributed by atoms with van der Waals surface area (Å²) in [4.78, 5) is 5.16. The van der Waals surface area contributed by atoms with Gasteiger partial charge in [0, 0.05) is 5.56 Å². The number of allylic oxidation sites excluding steroid dienone is 4. The molecule has 0 radical (unpaired) electrons. The molecule has 2 aliphatic carbocycles. The van der Waals surface area contributed by atoms with E-state index in [4.69, 9.17) is 4.99 Å². The zero-order valence-corrected chi connectivity index (χ0v) is 23.9. The van der Waals surface area contributed by atoms with E-state index in [2.05, 4.69) is 168 Å². The molecule has 2 N–H and O–H groups in total. The lowest BCUT2D eigenvalue weighted by molar-refractivity contribution is 0.409. The predicted molar refractivity (Wildman–Crippen MR) is 176 cm³/mol. The molecule has 3 aliphatic rings. The van der Waals surface area contributed by atoms with Gasteiger partial charge in [0.05, 0.1) is 5.41 Å². The van der Waals surface area contributed by atoms with Crippen LogP contribution in [-0.2, 0) is 5.41 Å². The molecular weight excluding hydrogens is 522 g/mol. The van der Waals surface area contributed by atoms with Crippen LogP contribution < -0.4 is 10.6 Å². The van der Waals surface area contributed by atoms with Crippen molar-refractivity contribution in [3.05, 3.63) is 191 Å². The van der Waals surface area contributed by atoms with Gasteiger partial charge in [-0.15, -0.1) is 0 Å². The average molecular weight is 556 g/mol. The molecule has 3 nitrogen and oxygen atoms in total. The standard InChI is InChI=1S/C40H33N3/c1-5-16-28(17-6-1)37-41-38(29-18-7-2-8-19-29)43-39(42-37)33-25-15-27-35-36(33)32-24-13-14-26-34(32)40(35,30-20-9-3-10-21-30)31-22-11-4-12-23-31/h1-22,24-27,31,37,39,42H,23H2,(H,41,43). The van der Waals surface area contributed by atoms with Crippen LogP contribution in [0, 0.1) is 5.92 Å². The van der Waals surface area contributed by atoms with E-state index in [9.17, 15) is 0 Å². The summed E-state index contributed by atoms with van der Waals surface area (Å²) >= 11 is 0. The summed E-state index contributed by atoms with van der Waals surface area (Å²) in [6.45, 7) is 0. The van der Waals surface area contributed by atoms with Gasteiger partial charge in [0.25, 0.3) is 0 Å². The molecule has 0 bridgehead atoms. The molecule has 208 valence electrons. The van der Waals surface area contributed by atoms with Gasteiger partial charge >= 0.3 is 0 Å². The van der Waals surface area contributed by atoms with Crippen molar-refractivity contribution in [3.63, 3.8) is 0 Å². The number of fused-ring (bicyclic) bond motifs is 3. The second-order valence-corrected chi connectivity index (χ2v) is 11.5. The molecular formula is C40H33N3. The zero-order valence-electron chi connectivity index (χ0n) is 23.9. The van der Waals surface area contributed by atoms with Gasteiger partial charge < -0.3 is 5.32 Å². The van der Waals surface area contributed by atoms with Crippen LogP contribution in [0.5, 0.6) is 0 Å². The molecule has 0 spiro atoms. The summed E-state index contributed by atoms with van der Waals surface area (Å²) in [5, 5.41) is 7.68. The third-order valence-corrected chi connectivity index (χ3v) is 9.25. The number of benzene rings is 5. The van der Waals surface area contributed by atoms with Crippen LogP contribution in [0.25, 0.3) is 11.1 Å². The molecule has 4 atom stereocenters. The van der Waals surface area contributed by atoms with E-state index in [1.807, 2.05) is 0 Å². The Morgan fingerprint density at radius 1 is 0.651 bits per heavy atom. The lowest BCUT2D eigenvalue weighted by Crippen LogP contribution is -2.45. The summed E-state index contributed by atoms with van der Waals surface area (Å²) < 4.78 is 0. The maximum Gasteiger partial charge on any atom is 0.131 e. The Labute approximate surface area is 253 Å². The first-order chi connectivity index (χ1) is 21.3. The molecule has 43 heavy (non-hydrogen) atoms. The quantitative estimate of drug-likeness (QED) is 0.228. The van der Waals surface area contributed by atoms with Crippen LogP contribution in [-0.4, -0.2) is 5.84 Å². The molecule has 5 aromatic rings. The Morgan fingerprint density at radius 3 is 2.12 bits per heavy atom. The minimum atomic E-state index is -0.297. The first-order valence-corrected chi connectivity index (χ1v) is 15.2. The summed E-state index contributed by atoms with van der Waals surface area (Å²) in [7, 11) is 0. The van der Waals surface area contributed by atoms with Crippen molar-refractivity contribution in [2.24, 2.45) is 10.9 Å². The van der Waals surface area contributed by atoms with E-state index in [0.29, 0.717) is 5.92 Å². The lowest BCUT2D eigenvalue weighted by Gasteiger charge is -2.40. The van der Waals surface area contributed by atoms with Crippen LogP contribution in [0.3, 0.4) is 0 Å². The highest BCUT2D eigenvalue weighted by Crippen LogP contribution is 2.59. The van der Waals surface area contributed by atoms with E-state index in [-0.39, 0.29) is 17.7 Å². The fourth-order valence-electron chi connectivity index (χ4n) is 7.42. The molecule has 1 heterocycles. The molecule has 4 unspecified atom stereocenters. The Balaban J connectivity index is 1.34. The molecule has 8 rings (SSSR count). The van der Waals surface area contributed by atoms with Crippen LogP contribution >= 0.6 is 0 Å². The summed E-state index contributed by atoms with van der Waals surface area (Å²) in [5.41, 5.74) is 9.87. The molecule has 1 aliphatic heterocycles. The fraction of sp³-hybridized carbons (Fsp3) is 0.125. The second kappa shape index (κ2) is 10.7. The van der Waals surface area contributed by atoms with Gasteiger partial charge in [-0.25, -0.2) is 4.99 Å². The van der Waals surface area contributed by atoms with Crippen LogP contribution in [0.1, 0.15) is 52.1 Å². The minimum absolute atomic E-state index is 0.144. The first-order valence-electron chi connectivity index (χ1n) is 15.2. The van der Waals surface area contributed by atoms with Crippen molar-refractivity contribution in [2.75, 3.05) is 0 Å². The van der Waals surface area contributed by atoms with Crippen molar-refractivity contribution >= 4 is 5.84 Å². The maximum absolute atomic E-state index is 5.16. The van der Waals surface area contributed by atoms with Crippen molar-refractivity contribution < 1.29 is 0 Å². The van der Waals surface area contributed by atoms with E-state index in [1.165, 1.54) is 33.4 Å². The van der Waals surface area contributed by atoms with Crippen molar-refractivity contribution in [2.45, 2.75) is 24.2 Å². The monoisotopic (exact) mass is 555 g/mol. The van der Waals surface area contributed by atoms with Crippen LogP contribution in [0.4, 0.5) is 0 Å². The Morgan fingerprint density at radius 2 is 1.35 bits per heavy atom. The molecule has 0 aromatic heterocycles. The van der Waals surface area contributed by atoms with E-state index < -0.39 is 0 Å². The molecule has 0 saturated carbocycles. The molecule has 0 amide bonds. The number of hydrogen-bond acceptors (Lipinski definition) is 3. The van der Waals surface area contributed by atoms with Gasteiger partial charge in [-0.3, -0.25) is 5.32 Å². The van der Waals surface area contributed by atoms with Gasteiger partial charge in [0.15, 0.2) is 0 Å². The van der Waals surface area contributed by atoms with Crippen molar-refractivity contribution in [3.8, 4) is 11.1 Å². The van der Waals surface area contributed by atoms with Crippen molar-refractivity contribution in [1.82, 2.24) is 10.6 Å². The fourth-order valence-corrected chi connectivity index (χ4v) is 7.42. The van der Waals surface area contributed by atoms with Gasteiger partial charge in [0.1, 0.15) is 18.2 Å². The SMILES string of the molecule is C1=CCC(C2(c3ccccc3)c3ccccc3-c3c(C4NC(c5ccccc5)=NC(c5ccccc5)N4)cccc32)C=C1.